The molecule has 3 aromatic heterocycles. The Balaban J connectivity index is 1.52. The molecule has 8 heteroatoms. The van der Waals surface area contributed by atoms with E-state index in [0.717, 1.165) is 40.0 Å². The van der Waals surface area contributed by atoms with Crippen LogP contribution in [0.3, 0.4) is 0 Å². The number of hydrogen-bond donors (Lipinski definition) is 1. The number of furan rings is 1. The van der Waals surface area contributed by atoms with Crippen LogP contribution in [0, 0.1) is 0 Å². The first-order valence-electron chi connectivity index (χ1n) is 9.04. The highest BCUT2D eigenvalue weighted by molar-refractivity contribution is 7.13. The summed E-state index contributed by atoms with van der Waals surface area (Å²) < 4.78 is 16.1. The van der Waals surface area contributed by atoms with Gasteiger partial charge in [0, 0.05) is 24.2 Å². The Morgan fingerprint density at radius 3 is 2.69 bits per heavy atom. The average Bonchev–Trinajstić information content (AvgIpc) is 3.47. The predicted molar refractivity (Wildman–Crippen MR) is 113 cm³/mol. The zero-order valence-corrected chi connectivity index (χ0v) is 16.9. The van der Waals surface area contributed by atoms with Gasteiger partial charge in [0.05, 0.1) is 20.5 Å². The van der Waals surface area contributed by atoms with Crippen molar-refractivity contribution < 1.29 is 13.9 Å². The van der Waals surface area contributed by atoms with Gasteiger partial charge in [-0.1, -0.05) is 6.07 Å². The second-order valence-corrected chi connectivity index (χ2v) is 7.04. The molecule has 0 radical (unpaired) electrons. The van der Waals surface area contributed by atoms with E-state index in [4.69, 9.17) is 13.9 Å². The minimum atomic E-state index is 0.524. The van der Waals surface area contributed by atoms with Crippen LogP contribution in [0.2, 0.25) is 0 Å². The number of nitrogens with one attached hydrogen (secondary N) is 1. The quantitative estimate of drug-likeness (QED) is 0.458. The predicted octanol–water partition coefficient (Wildman–Crippen LogP) is 4.53. The Kier molecular flexibility index (Phi) is 5.71. The molecule has 1 aromatic carbocycles. The monoisotopic (exact) mass is 408 g/mol. The minimum Gasteiger partial charge on any atom is -0.493 e. The molecule has 7 nitrogen and oxygen atoms in total. The Hall–Kier alpha value is -3.39. The molecule has 0 fully saturated rings. The summed E-state index contributed by atoms with van der Waals surface area (Å²) >= 11 is 1.53. The fourth-order valence-electron chi connectivity index (χ4n) is 2.88. The maximum atomic E-state index is 5.47. The van der Waals surface area contributed by atoms with Gasteiger partial charge in [0.25, 0.3) is 0 Å². The lowest BCUT2D eigenvalue weighted by molar-refractivity contribution is 0.354. The van der Waals surface area contributed by atoms with Gasteiger partial charge in [-0.05, 0) is 36.2 Å². The molecule has 0 bridgehead atoms. The van der Waals surface area contributed by atoms with E-state index in [0.29, 0.717) is 18.1 Å². The van der Waals surface area contributed by atoms with Gasteiger partial charge in [0.15, 0.2) is 23.1 Å². The largest absolute Gasteiger partial charge is 0.493 e. The average molecular weight is 408 g/mol. The van der Waals surface area contributed by atoms with E-state index in [1.165, 1.54) is 11.3 Å². The van der Waals surface area contributed by atoms with E-state index < -0.39 is 0 Å². The Bertz CT molecular complexity index is 1010. The zero-order chi connectivity index (χ0) is 20.1. The van der Waals surface area contributed by atoms with Crippen molar-refractivity contribution in [2.45, 2.75) is 6.42 Å². The second kappa shape index (κ2) is 8.74. The van der Waals surface area contributed by atoms with E-state index in [9.17, 15) is 0 Å². The molecular formula is C21H20N4O3S. The summed E-state index contributed by atoms with van der Waals surface area (Å²) in [6.45, 7) is 0.696. The highest BCUT2D eigenvalue weighted by Gasteiger charge is 2.12. The normalized spacial score (nSPS) is 10.7. The summed E-state index contributed by atoms with van der Waals surface area (Å²) in [6, 6.07) is 11.5. The smallest absolute Gasteiger partial charge is 0.198 e. The SMILES string of the molecule is COc1ccc(CCNc2cc(-c3nccs3)nc(-c3ccco3)n2)cc1OC. The van der Waals surface area contributed by atoms with Crippen LogP contribution in [-0.2, 0) is 6.42 Å². The van der Waals surface area contributed by atoms with Crippen molar-refractivity contribution in [3.63, 3.8) is 0 Å². The topological polar surface area (TPSA) is 82.3 Å². The van der Waals surface area contributed by atoms with E-state index in [1.807, 2.05) is 41.8 Å². The van der Waals surface area contributed by atoms with Crippen molar-refractivity contribution in [2.75, 3.05) is 26.1 Å². The van der Waals surface area contributed by atoms with Crippen LogP contribution < -0.4 is 14.8 Å². The fraction of sp³-hybridized carbons (Fsp3) is 0.190. The molecule has 29 heavy (non-hydrogen) atoms. The lowest BCUT2D eigenvalue weighted by Crippen LogP contribution is -2.08. The molecule has 3 heterocycles. The molecule has 4 rings (SSSR count). The third-order valence-electron chi connectivity index (χ3n) is 4.29. The number of methoxy groups -OCH3 is 2. The Labute approximate surface area is 172 Å². The molecule has 4 aromatic rings. The van der Waals surface area contributed by atoms with E-state index in [2.05, 4.69) is 20.3 Å². The summed E-state index contributed by atoms with van der Waals surface area (Å²) in [7, 11) is 3.27. The number of ether oxygens (including phenoxy) is 2. The Morgan fingerprint density at radius 1 is 1.07 bits per heavy atom. The fourth-order valence-corrected chi connectivity index (χ4v) is 3.48. The summed E-state index contributed by atoms with van der Waals surface area (Å²) in [4.78, 5) is 13.6. The number of aromatic nitrogens is 3. The molecule has 0 aliphatic rings. The standard InChI is InChI=1S/C21H20N4O3S/c1-26-16-6-5-14(12-18(16)27-2)7-8-22-19-13-15(21-23-9-11-29-21)24-20(25-19)17-4-3-10-28-17/h3-6,9-13H,7-8H2,1-2H3,(H,22,24,25). The summed E-state index contributed by atoms with van der Waals surface area (Å²) in [5.41, 5.74) is 1.89. The first-order valence-corrected chi connectivity index (χ1v) is 9.92. The molecule has 0 saturated heterocycles. The Morgan fingerprint density at radius 2 is 1.97 bits per heavy atom. The maximum Gasteiger partial charge on any atom is 0.198 e. The van der Waals surface area contributed by atoms with Gasteiger partial charge in [0.1, 0.15) is 16.5 Å². The summed E-state index contributed by atoms with van der Waals surface area (Å²) in [5.74, 6) is 3.30. The van der Waals surface area contributed by atoms with Crippen molar-refractivity contribution in [2.24, 2.45) is 0 Å². The van der Waals surface area contributed by atoms with Gasteiger partial charge in [-0.2, -0.15) is 0 Å². The molecule has 0 saturated carbocycles. The number of nitrogens with zero attached hydrogens (tertiary/aromatic N) is 3. The van der Waals surface area contributed by atoms with Crippen LogP contribution in [0.1, 0.15) is 5.56 Å². The van der Waals surface area contributed by atoms with Crippen LogP contribution in [0.15, 0.2) is 58.7 Å². The third-order valence-corrected chi connectivity index (χ3v) is 5.08. The van der Waals surface area contributed by atoms with Crippen LogP contribution in [0.25, 0.3) is 22.3 Å². The molecule has 0 aliphatic heterocycles. The zero-order valence-electron chi connectivity index (χ0n) is 16.1. The minimum absolute atomic E-state index is 0.524. The number of rotatable bonds is 8. The van der Waals surface area contributed by atoms with E-state index in [-0.39, 0.29) is 0 Å². The lowest BCUT2D eigenvalue weighted by Gasteiger charge is -2.11. The molecule has 1 N–H and O–H groups in total. The lowest BCUT2D eigenvalue weighted by atomic mass is 10.1. The maximum absolute atomic E-state index is 5.47. The first kappa shape index (κ1) is 18.9. The molecule has 0 aliphatic carbocycles. The molecular weight excluding hydrogens is 388 g/mol. The van der Waals surface area contributed by atoms with Gasteiger partial charge < -0.3 is 19.2 Å². The van der Waals surface area contributed by atoms with E-state index >= 15 is 0 Å². The number of thiazole rings is 1. The summed E-state index contributed by atoms with van der Waals surface area (Å²) in [6.07, 6.45) is 4.17. The number of anilines is 1. The molecule has 0 amide bonds. The number of hydrogen-bond acceptors (Lipinski definition) is 8. The van der Waals surface area contributed by atoms with Gasteiger partial charge in [0.2, 0.25) is 0 Å². The van der Waals surface area contributed by atoms with Crippen molar-refractivity contribution in [3.8, 4) is 33.8 Å². The van der Waals surface area contributed by atoms with Crippen molar-refractivity contribution in [3.05, 3.63) is 59.8 Å². The second-order valence-electron chi connectivity index (χ2n) is 6.14. The molecule has 0 unspecified atom stereocenters. The van der Waals surface area contributed by atoms with Gasteiger partial charge in [-0.15, -0.1) is 11.3 Å². The third kappa shape index (κ3) is 4.38. The molecule has 0 atom stereocenters. The molecule has 148 valence electrons. The number of benzene rings is 1. The van der Waals surface area contributed by atoms with Gasteiger partial charge in [-0.25, -0.2) is 15.0 Å². The van der Waals surface area contributed by atoms with Gasteiger partial charge in [-0.3, -0.25) is 0 Å². The van der Waals surface area contributed by atoms with Crippen LogP contribution in [-0.4, -0.2) is 35.7 Å². The van der Waals surface area contributed by atoms with Crippen molar-refractivity contribution >= 4 is 17.2 Å². The van der Waals surface area contributed by atoms with Crippen molar-refractivity contribution in [1.82, 2.24) is 15.0 Å². The molecule has 0 spiro atoms. The highest BCUT2D eigenvalue weighted by atomic mass is 32.1. The summed E-state index contributed by atoms with van der Waals surface area (Å²) in [5, 5.41) is 6.14. The van der Waals surface area contributed by atoms with Crippen molar-refractivity contribution in [1.29, 1.82) is 0 Å². The van der Waals surface area contributed by atoms with Crippen LogP contribution in [0.4, 0.5) is 5.82 Å². The van der Waals surface area contributed by atoms with Crippen LogP contribution >= 0.6 is 11.3 Å². The van der Waals surface area contributed by atoms with Gasteiger partial charge >= 0.3 is 0 Å². The van der Waals surface area contributed by atoms with Crippen LogP contribution in [0.5, 0.6) is 11.5 Å². The first-order chi connectivity index (χ1) is 14.3. The highest BCUT2D eigenvalue weighted by Crippen LogP contribution is 2.28. The van der Waals surface area contributed by atoms with E-state index in [1.54, 1.807) is 26.7 Å².